The summed E-state index contributed by atoms with van der Waals surface area (Å²) in [7, 11) is 0. The van der Waals surface area contributed by atoms with Crippen molar-refractivity contribution in [3.05, 3.63) is 77.9 Å². The van der Waals surface area contributed by atoms with Gasteiger partial charge < -0.3 is 20.1 Å². The molecule has 1 fully saturated rings. The third-order valence-corrected chi connectivity index (χ3v) is 5.75. The van der Waals surface area contributed by atoms with Crippen molar-refractivity contribution in [2.75, 3.05) is 18.5 Å². The summed E-state index contributed by atoms with van der Waals surface area (Å²) in [6.45, 7) is 4.33. The van der Waals surface area contributed by atoms with Crippen LogP contribution in [0, 0.1) is 5.92 Å². The lowest BCUT2D eigenvalue weighted by Gasteiger charge is -2.48. The molecule has 1 unspecified atom stereocenters. The molecule has 29 heavy (non-hydrogen) atoms. The van der Waals surface area contributed by atoms with E-state index < -0.39 is 5.97 Å². The minimum atomic E-state index is -0.980. The van der Waals surface area contributed by atoms with Gasteiger partial charge in [-0.25, -0.2) is 9.59 Å². The van der Waals surface area contributed by atoms with Gasteiger partial charge in [0.25, 0.3) is 0 Å². The number of fused-ring (bicyclic) bond motifs is 3. The van der Waals surface area contributed by atoms with Crippen molar-refractivity contribution in [3.8, 4) is 0 Å². The highest BCUT2D eigenvalue weighted by molar-refractivity contribution is 5.89. The zero-order chi connectivity index (χ0) is 20.4. The van der Waals surface area contributed by atoms with Crippen molar-refractivity contribution in [2.24, 2.45) is 5.92 Å². The van der Waals surface area contributed by atoms with Crippen LogP contribution in [0.3, 0.4) is 0 Å². The lowest BCUT2D eigenvalue weighted by atomic mass is 9.74. The van der Waals surface area contributed by atoms with Crippen LogP contribution in [-0.4, -0.2) is 35.2 Å². The second-order valence-electron chi connectivity index (χ2n) is 7.45. The molecule has 0 radical (unpaired) electrons. The highest BCUT2D eigenvalue weighted by Gasteiger charge is 2.44. The number of carboxylic acids is 1. The fourth-order valence-electron chi connectivity index (χ4n) is 4.53. The molecular formula is C23H24N2O4. The molecule has 0 aliphatic carbocycles. The van der Waals surface area contributed by atoms with Crippen LogP contribution in [0.4, 0.5) is 10.5 Å². The second-order valence-corrected chi connectivity index (χ2v) is 7.45. The van der Waals surface area contributed by atoms with E-state index in [0.717, 1.165) is 29.7 Å². The van der Waals surface area contributed by atoms with Crippen molar-refractivity contribution in [1.82, 2.24) is 4.90 Å². The first kappa shape index (κ1) is 19.1. The van der Waals surface area contributed by atoms with Crippen LogP contribution in [-0.2, 0) is 4.74 Å². The number of carbonyl (C=O) groups is 2. The molecule has 0 bridgehead atoms. The van der Waals surface area contributed by atoms with Crippen LogP contribution >= 0.6 is 0 Å². The first-order valence-corrected chi connectivity index (χ1v) is 9.83. The van der Waals surface area contributed by atoms with Crippen molar-refractivity contribution < 1.29 is 19.4 Å². The Kier molecular flexibility index (Phi) is 5.25. The fraction of sp³-hybridized carbons (Fsp3) is 0.304. The number of hydrogen-bond donors (Lipinski definition) is 2. The second kappa shape index (κ2) is 7.99. The Morgan fingerprint density at radius 2 is 2.03 bits per heavy atom. The van der Waals surface area contributed by atoms with Crippen molar-refractivity contribution in [3.63, 3.8) is 0 Å². The molecule has 0 spiro atoms. The van der Waals surface area contributed by atoms with Gasteiger partial charge in [-0.3, -0.25) is 0 Å². The molecule has 2 heterocycles. The third kappa shape index (κ3) is 3.58. The minimum absolute atomic E-state index is 0.0272. The Bertz CT molecular complexity index is 928. The largest absolute Gasteiger partial charge is 0.478 e. The number of carbonyl (C=O) groups excluding carboxylic acids is 1. The number of hydrogen-bond acceptors (Lipinski definition) is 4. The fourth-order valence-corrected chi connectivity index (χ4v) is 4.53. The first-order chi connectivity index (χ1) is 14.1. The Labute approximate surface area is 169 Å². The SMILES string of the molecule is C=CCOC(=O)N1CCC[C@H]2C(c3ccccc3)Nc3ccc(C(=O)O)cc3[C@H]21. The summed E-state index contributed by atoms with van der Waals surface area (Å²) in [5.41, 5.74) is 3.05. The highest BCUT2D eigenvalue weighted by Crippen LogP contribution is 2.50. The number of aromatic carboxylic acids is 1. The Balaban J connectivity index is 1.79. The summed E-state index contributed by atoms with van der Waals surface area (Å²) in [5, 5.41) is 13.1. The van der Waals surface area contributed by atoms with Crippen LogP contribution in [0.1, 0.15) is 46.4 Å². The van der Waals surface area contributed by atoms with Gasteiger partial charge in [0.1, 0.15) is 6.61 Å². The van der Waals surface area contributed by atoms with Gasteiger partial charge in [-0.05, 0) is 42.2 Å². The minimum Gasteiger partial charge on any atom is -0.478 e. The quantitative estimate of drug-likeness (QED) is 0.742. The predicted molar refractivity (Wildman–Crippen MR) is 110 cm³/mol. The smallest absolute Gasteiger partial charge is 0.410 e. The maximum Gasteiger partial charge on any atom is 0.410 e. The number of likely N-dealkylation sites (tertiary alicyclic amines) is 1. The van der Waals surface area contributed by atoms with Gasteiger partial charge in [0.05, 0.1) is 17.6 Å². The first-order valence-electron chi connectivity index (χ1n) is 9.83. The number of nitrogens with one attached hydrogen (secondary N) is 1. The molecule has 150 valence electrons. The molecule has 0 aromatic heterocycles. The van der Waals surface area contributed by atoms with Crippen molar-refractivity contribution in [1.29, 1.82) is 0 Å². The van der Waals surface area contributed by atoms with Gasteiger partial charge in [-0.15, -0.1) is 0 Å². The van der Waals surface area contributed by atoms with Gasteiger partial charge in [0, 0.05) is 18.2 Å². The van der Waals surface area contributed by atoms with Crippen molar-refractivity contribution >= 4 is 17.7 Å². The van der Waals surface area contributed by atoms with Gasteiger partial charge in [-0.1, -0.05) is 43.0 Å². The summed E-state index contributed by atoms with van der Waals surface area (Å²) in [4.78, 5) is 26.1. The number of piperidine rings is 1. The Morgan fingerprint density at radius 3 is 2.76 bits per heavy atom. The average molecular weight is 392 g/mol. The average Bonchev–Trinajstić information content (AvgIpc) is 2.76. The molecule has 2 aliphatic rings. The molecule has 6 heteroatoms. The van der Waals surface area contributed by atoms with Crippen LogP contribution in [0.25, 0.3) is 0 Å². The van der Waals surface area contributed by atoms with Crippen LogP contribution in [0.2, 0.25) is 0 Å². The molecule has 1 saturated heterocycles. The van der Waals surface area contributed by atoms with Gasteiger partial charge in [-0.2, -0.15) is 0 Å². The Hall–Kier alpha value is -3.28. The van der Waals surface area contributed by atoms with E-state index in [1.165, 1.54) is 0 Å². The number of rotatable bonds is 4. The van der Waals surface area contributed by atoms with E-state index in [2.05, 4.69) is 24.0 Å². The van der Waals surface area contributed by atoms with E-state index in [0.29, 0.717) is 6.54 Å². The number of carboxylic acid groups (broad SMARTS) is 1. The molecule has 2 N–H and O–H groups in total. The molecule has 2 aromatic rings. The molecular weight excluding hydrogens is 368 g/mol. The normalized spacial score (nSPS) is 22.6. The molecule has 6 nitrogen and oxygen atoms in total. The van der Waals surface area contributed by atoms with E-state index in [1.54, 1.807) is 29.2 Å². The van der Waals surface area contributed by atoms with E-state index in [1.807, 2.05) is 18.2 Å². The molecule has 2 aromatic carbocycles. The predicted octanol–water partition coefficient (Wildman–Crippen LogP) is 4.63. The Morgan fingerprint density at radius 1 is 1.24 bits per heavy atom. The number of anilines is 1. The molecule has 3 atom stereocenters. The van der Waals surface area contributed by atoms with Gasteiger partial charge in [0.15, 0.2) is 0 Å². The van der Waals surface area contributed by atoms with Gasteiger partial charge in [0.2, 0.25) is 0 Å². The maximum absolute atomic E-state index is 12.8. The lowest BCUT2D eigenvalue weighted by molar-refractivity contribution is 0.0505. The van der Waals surface area contributed by atoms with Crippen LogP contribution in [0.5, 0.6) is 0 Å². The summed E-state index contributed by atoms with van der Waals surface area (Å²) in [5.74, 6) is -0.870. The summed E-state index contributed by atoms with van der Waals surface area (Å²) in [6, 6.07) is 15.0. The monoisotopic (exact) mass is 392 g/mol. The summed E-state index contributed by atoms with van der Waals surface area (Å²) < 4.78 is 5.35. The number of benzene rings is 2. The molecule has 2 aliphatic heterocycles. The van der Waals surface area contributed by atoms with Crippen molar-refractivity contribution in [2.45, 2.75) is 24.9 Å². The zero-order valence-electron chi connectivity index (χ0n) is 16.1. The van der Waals surface area contributed by atoms with Gasteiger partial charge >= 0.3 is 12.1 Å². The lowest BCUT2D eigenvalue weighted by Crippen LogP contribution is -2.48. The van der Waals surface area contributed by atoms with E-state index >= 15 is 0 Å². The van der Waals surface area contributed by atoms with E-state index in [4.69, 9.17) is 4.74 Å². The number of nitrogens with zero attached hydrogens (tertiary/aromatic N) is 1. The third-order valence-electron chi connectivity index (χ3n) is 5.75. The van der Waals surface area contributed by atoms with Crippen LogP contribution < -0.4 is 5.32 Å². The number of amides is 1. The van der Waals surface area contributed by atoms with E-state index in [-0.39, 0.29) is 36.3 Å². The van der Waals surface area contributed by atoms with E-state index in [9.17, 15) is 14.7 Å². The molecule has 0 saturated carbocycles. The van der Waals surface area contributed by atoms with Crippen LogP contribution in [0.15, 0.2) is 61.2 Å². The molecule has 1 amide bonds. The topological polar surface area (TPSA) is 78.9 Å². The maximum atomic E-state index is 12.8. The molecule has 4 rings (SSSR count). The summed E-state index contributed by atoms with van der Waals surface area (Å²) >= 11 is 0. The zero-order valence-corrected chi connectivity index (χ0v) is 16.1. The number of ether oxygens (including phenoxy) is 1. The standard InChI is InChI=1S/C23H24N2O4/c1-2-13-29-23(28)25-12-6-9-17-20(15-7-4-3-5-8-15)24-19-11-10-16(22(26)27)14-18(19)21(17)25/h2-5,7-8,10-11,14,17,20-21,24H,1,6,9,12-13H2,(H,26,27)/t17-,20?,21-/m0/s1. The summed E-state index contributed by atoms with van der Waals surface area (Å²) in [6.07, 6.45) is 2.95. The highest BCUT2D eigenvalue weighted by atomic mass is 16.6.